The average Bonchev–Trinajstić information content (AvgIpc) is 2.71. The second-order valence-electron chi connectivity index (χ2n) is 3.72. The van der Waals surface area contributed by atoms with Crippen LogP contribution < -0.4 is 5.32 Å². The standard InChI is InChI=1S/C11H18BrN3O/c1-4-9-6-10(15(5-2)14-9)11(16)13-8(3)7-12/h6,8H,4-5,7H2,1-3H3,(H,13,16). The molecule has 4 nitrogen and oxygen atoms in total. The van der Waals surface area contributed by atoms with Crippen molar-refractivity contribution >= 4 is 21.8 Å². The van der Waals surface area contributed by atoms with Gasteiger partial charge in [-0.15, -0.1) is 0 Å². The lowest BCUT2D eigenvalue weighted by Gasteiger charge is -2.10. The summed E-state index contributed by atoms with van der Waals surface area (Å²) in [7, 11) is 0. The molecule has 0 aliphatic heterocycles. The highest BCUT2D eigenvalue weighted by Crippen LogP contribution is 2.06. The second-order valence-corrected chi connectivity index (χ2v) is 4.37. The number of nitrogens with zero attached hydrogens (tertiary/aromatic N) is 2. The highest BCUT2D eigenvalue weighted by atomic mass is 79.9. The molecule has 0 spiro atoms. The van der Waals surface area contributed by atoms with E-state index in [0.29, 0.717) is 12.2 Å². The molecule has 0 saturated carbocycles. The minimum atomic E-state index is -0.0546. The van der Waals surface area contributed by atoms with Gasteiger partial charge in [0.2, 0.25) is 0 Å². The number of hydrogen-bond donors (Lipinski definition) is 1. The molecule has 0 aromatic carbocycles. The molecule has 16 heavy (non-hydrogen) atoms. The quantitative estimate of drug-likeness (QED) is 0.842. The molecule has 1 N–H and O–H groups in total. The lowest BCUT2D eigenvalue weighted by atomic mass is 10.3. The highest BCUT2D eigenvalue weighted by Gasteiger charge is 2.15. The van der Waals surface area contributed by atoms with E-state index in [1.165, 1.54) is 0 Å². The third-order valence-corrected chi connectivity index (χ3v) is 3.31. The number of halogens is 1. The summed E-state index contributed by atoms with van der Waals surface area (Å²) in [5, 5.41) is 8.01. The summed E-state index contributed by atoms with van der Waals surface area (Å²) in [6.07, 6.45) is 0.848. The van der Waals surface area contributed by atoms with Crippen molar-refractivity contribution in [2.75, 3.05) is 5.33 Å². The van der Waals surface area contributed by atoms with Gasteiger partial charge in [-0.3, -0.25) is 9.48 Å². The Morgan fingerprint density at radius 2 is 2.31 bits per heavy atom. The molecule has 1 aromatic rings. The van der Waals surface area contributed by atoms with Crippen molar-refractivity contribution in [3.63, 3.8) is 0 Å². The summed E-state index contributed by atoms with van der Waals surface area (Å²) in [6.45, 7) is 6.69. The van der Waals surface area contributed by atoms with Crippen LogP contribution in [0.4, 0.5) is 0 Å². The summed E-state index contributed by atoms with van der Waals surface area (Å²) < 4.78 is 1.75. The lowest BCUT2D eigenvalue weighted by molar-refractivity contribution is 0.0933. The van der Waals surface area contributed by atoms with Crippen molar-refractivity contribution in [2.45, 2.75) is 39.8 Å². The molecule has 0 fully saturated rings. The van der Waals surface area contributed by atoms with E-state index in [-0.39, 0.29) is 11.9 Å². The number of carbonyl (C=O) groups is 1. The van der Waals surface area contributed by atoms with E-state index in [4.69, 9.17) is 0 Å². The SMILES string of the molecule is CCc1cc(C(=O)NC(C)CBr)n(CC)n1. The fourth-order valence-corrected chi connectivity index (χ4v) is 1.56. The van der Waals surface area contributed by atoms with Crippen LogP contribution in [0.2, 0.25) is 0 Å². The number of alkyl halides is 1. The first-order valence-corrected chi connectivity index (χ1v) is 6.68. The third-order valence-electron chi connectivity index (χ3n) is 2.33. The summed E-state index contributed by atoms with van der Waals surface area (Å²) in [4.78, 5) is 11.9. The summed E-state index contributed by atoms with van der Waals surface area (Å²) in [5.41, 5.74) is 1.60. The van der Waals surface area contributed by atoms with E-state index in [0.717, 1.165) is 17.4 Å². The Bertz CT molecular complexity index is 362. The Kier molecular flexibility index (Phi) is 4.99. The number of aromatic nitrogens is 2. The van der Waals surface area contributed by atoms with Crippen LogP contribution in [0.25, 0.3) is 0 Å². The molecule has 1 amide bonds. The van der Waals surface area contributed by atoms with Gasteiger partial charge >= 0.3 is 0 Å². The fourth-order valence-electron chi connectivity index (χ4n) is 1.40. The van der Waals surface area contributed by atoms with Gasteiger partial charge < -0.3 is 5.32 Å². The third kappa shape index (κ3) is 3.07. The van der Waals surface area contributed by atoms with E-state index in [2.05, 4.69) is 26.3 Å². The molecule has 0 aliphatic carbocycles. The molecule has 0 aliphatic rings. The molecule has 0 bridgehead atoms. The van der Waals surface area contributed by atoms with Crippen molar-refractivity contribution in [2.24, 2.45) is 0 Å². The Morgan fingerprint density at radius 3 is 2.81 bits per heavy atom. The zero-order chi connectivity index (χ0) is 12.1. The minimum Gasteiger partial charge on any atom is -0.347 e. The van der Waals surface area contributed by atoms with Crippen molar-refractivity contribution < 1.29 is 4.79 Å². The van der Waals surface area contributed by atoms with Gasteiger partial charge in [-0.05, 0) is 26.3 Å². The van der Waals surface area contributed by atoms with Gasteiger partial charge in [-0.2, -0.15) is 5.10 Å². The maximum Gasteiger partial charge on any atom is 0.269 e. The largest absolute Gasteiger partial charge is 0.347 e. The van der Waals surface area contributed by atoms with Crippen molar-refractivity contribution in [1.82, 2.24) is 15.1 Å². The van der Waals surface area contributed by atoms with Gasteiger partial charge in [0.25, 0.3) is 5.91 Å². The molecular formula is C11H18BrN3O. The Hall–Kier alpha value is -0.840. The Labute approximate surface area is 105 Å². The number of hydrogen-bond acceptors (Lipinski definition) is 2. The monoisotopic (exact) mass is 287 g/mol. The molecule has 1 atom stereocenters. The van der Waals surface area contributed by atoms with Crippen molar-refractivity contribution in [3.8, 4) is 0 Å². The van der Waals surface area contributed by atoms with Crippen LogP contribution in [0, 0.1) is 0 Å². The molecular weight excluding hydrogens is 270 g/mol. The number of aryl methyl sites for hydroxylation is 2. The molecule has 1 aromatic heterocycles. The smallest absolute Gasteiger partial charge is 0.269 e. The van der Waals surface area contributed by atoms with Crippen molar-refractivity contribution in [3.05, 3.63) is 17.5 Å². The number of amides is 1. The van der Waals surface area contributed by atoms with Crippen molar-refractivity contribution in [1.29, 1.82) is 0 Å². The van der Waals surface area contributed by atoms with Crippen LogP contribution in [-0.4, -0.2) is 27.1 Å². The Balaban J connectivity index is 2.85. The maximum atomic E-state index is 11.9. The summed E-state index contributed by atoms with van der Waals surface area (Å²) in [5.74, 6) is -0.0546. The molecule has 1 heterocycles. The van der Waals surface area contributed by atoms with Gasteiger partial charge in [0, 0.05) is 17.9 Å². The lowest BCUT2D eigenvalue weighted by Crippen LogP contribution is -2.34. The van der Waals surface area contributed by atoms with E-state index in [1.54, 1.807) is 4.68 Å². The molecule has 0 saturated heterocycles. The zero-order valence-corrected chi connectivity index (χ0v) is 11.5. The normalized spacial score (nSPS) is 12.5. The first-order chi connectivity index (χ1) is 7.62. The highest BCUT2D eigenvalue weighted by molar-refractivity contribution is 9.09. The summed E-state index contributed by atoms with van der Waals surface area (Å²) in [6, 6.07) is 1.98. The topological polar surface area (TPSA) is 46.9 Å². The molecule has 1 unspecified atom stereocenters. The van der Waals surface area contributed by atoms with Gasteiger partial charge in [-0.1, -0.05) is 22.9 Å². The number of carbonyl (C=O) groups excluding carboxylic acids is 1. The first-order valence-electron chi connectivity index (χ1n) is 5.55. The zero-order valence-electron chi connectivity index (χ0n) is 9.96. The Morgan fingerprint density at radius 1 is 1.62 bits per heavy atom. The van der Waals surface area contributed by atoms with Crippen LogP contribution in [-0.2, 0) is 13.0 Å². The predicted molar refractivity (Wildman–Crippen MR) is 68.0 cm³/mol. The number of nitrogens with one attached hydrogen (secondary N) is 1. The minimum absolute atomic E-state index is 0.0546. The van der Waals surface area contributed by atoms with E-state index in [1.807, 2.05) is 26.8 Å². The van der Waals surface area contributed by atoms with E-state index < -0.39 is 0 Å². The van der Waals surface area contributed by atoms with Gasteiger partial charge in [0.15, 0.2) is 0 Å². The predicted octanol–water partition coefficient (Wildman–Crippen LogP) is 1.98. The van der Waals surface area contributed by atoms with Gasteiger partial charge in [0.1, 0.15) is 5.69 Å². The van der Waals surface area contributed by atoms with Gasteiger partial charge in [0.05, 0.1) is 5.69 Å². The molecule has 1 rings (SSSR count). The molecule has 90 valence electrons. The number of rotatable bonds is 5. The van der Waals surface area contributed by atoms with E-state index >= 15 is 0 Å². The maximum absolute atomic E-state index is 11.9. The van der Waals surface area contributed by atoms with Crippen LogP contribution in [0.5, 0.6) is 0 Å². The van der Waals surface area contributed by atoms with Crippen LogP contribution in [0.3, 0.4) is 0 Å². The first kappa shape index (κ1) is 13.2. The average molecular weight is 288 g/mol. The van der Waals surface area contributed by atoms with Gasteiger partial charge in [-0.25, -0.2) is 0 Å². The van der Waals surface area contributed by atoms with Crippen LogP contribution in [0.15, 0.2) is 6.07 Å². The van der Waals surface area contributed by atoms with Crippen LogP contribution in [0.1, 0.15) is 37.0 Å². The van der Waals surface area contributed by atoms with Crippen LogP contribution >= 0.6 is 15.9 Å². The molecule has 0 radical (unpaired) electrons. The molecule has 5 heteroatoms. The van der Waals surface area contributed by atoms with E-state index in [9.17, 15) is 4.79 Å². The second kappa shape index (κ2) is 6.03. The fraction of sp³-hybridized carbons (Fsp3) is 0.636. The summed E-state index contributed by atoms with van der Waals surface area (Å²) >= 11 is 3.33.